The Balaban J connectivity index is 4.79. The highest BCUT2D eigenvalue weighted by atomic mass is 31.2. The number of nitrogens with two attached hydrogens (primary N) is 1. The number of rotatable bonds is 8. The smallest absolute Gasteiger partial charge is 0.279 e. The maximum atomic E-state index is 12.1. The molecule has 126 valence electrons. The molecule has 6 nitrogen and oxygen atoms in total. The van der Waals surface area contributed by atoms with Crippen molar-refractivity contribution in [3.05, 3.63) is 17.0 Å². The lowest BCUT2D eigenvalue weighted by Crippen LogP contribution is -2.38. The SMILES string of the molecule is C=C(C)C(=O)N(CCC(C#[N+]C(C)C)COP(N)O)C(C)C. The van der Waals surface area contributed by atoms with Crippen LogP contribution in [0.25, 0.3) is 4.85 Å². The van der Waals surface area contributed by atoms with Gasteiger partial charge in [-0.15, -0.1) is 0 Å². The van der Waals surface area contributed by atoms with E-state index < -0.39 is 8.53 Å². The molecule has 1 amide bonds. The summed E-state index contributed by atoms with van der Waals surface area (Å²) < 4.78 is 5.09. The van der Waals surface area contributed by atoms with E-state index in [4.69, 9.17) is 14.9 Å². The van der Waals surface area contributed by atoms with Crippen LogP contribution in [-0.2, 0) is 9.32 Å². The summed E-state index contributed by atoms with van der Waals surface area (Å²) in [4.78, 5) is 27.2. The standard InChI is InChI=1S/C15H29N3O3P/c1-11(2)15(19)18(13(5)6)8-7-14(9-17-12(3)4)10-21-22(16)20/h12-14,20H,1,7-8,10,16H2,2-6H3/q+1. The molecule has 0 fully saturated rings. The molecule has 0 heterocycles. The molecule has 0 bridgehead atoms. The summed E-state index contributed by atoms with van der Waals surface area (Å²) >= 11 is 0. The molecule has 0 saturated heterocycles. The van der Waals surface area contributed by atoms with Crippen LogP contribution in [0.1, 0.15) is 41.0 Å². The van der Waals surface area contributed by atoms with Crippen molar-refractivity contribution < 1.29 is 14.2 Å². The Morgan fingerprint density at radius 2 is 2.05 bits per heavy atom. The Morgan fingerprint density at radius 1 is 1.45 bits per heavy atom. The van der Waals surface area contributed by atoms with Crippen LogP contribution in [0, 0.1) is 12.0 Å². The van der Waals surface area contributed by atoms with Gasteiger partial charge in [0.1, 0.15) is 5.92 Å². The van der Waals surface area contributed by atoms with Gasteiger partial charge < -0.3 is 14.3 Å². The molecular formula is C15H29N3O3P+. The molecule has 0 saturated carbocycles. The van der Waals surface area contributed by atoms with E-state index in [0.29, 0.717) is 18.5 Å². The summed E-state index contributed by atoms with van der Waals surface area (Å²) in [5.74, 6) is -0.180. The molecule has 0 spiro atoms. The second-order valence-corrected chi connectivity index (χ2v) is 6.67. The van der Waals surface area contributed by atoms with Gasteiger partial charge in [0, 0.05) is 32.0 Å². The van der Waals surface area contributed by atoms with Crippen LogP contribution >= 0.6 is 8.53 Å². The second-order valence-electron chi connectivity index (χ2n) is 5.81. The average Bonchev–Trinajstić information content (AvgIpc) is 2.39. The van der Waals surface area contributed by atoms with Gasteiger partial charge in [0.25, 0.3) is 12.1 Å². The molecule has 0 aliphatic rings. The van der Waals surface area contributed by atoms with E-state index in [-0.39, 0.29) is 30.5 Å². The lowest BCUT2D eigenvalue weighted by Gasteiger charge is -2.27. The van der Waals surface area contributed by atoms with Gasteiger partial charge in [-0.05, 0) is 27.2 Å². The molecule has 0 aliphatic heterocycles. The van der Waals surface area contributed by atoms with Crippen LogP contribution in [0.4, 0.5) is 0 Å². The van der Waals surface area contributed by atoms with Crippen molar-refractivity contribution in [3.63, 3.8) is 0 Å². The molecular weight excluding hydrogens is 301 g/mol. The van der Waals surface area contributed by atoms with Crippen molar-refractivity contribution in [2.75, 3.05) is 13.2 Å². The van der Waals surface area contributed by atoms with Crippen molar-refractivity contribution >= 4 is 14.4 Å². The van der Waals surface area contributed by atoms with Gasteiger partial charge in [-0.3, -0.25) is 10.3 Å². The van der Waals surface area contributed by atoms with Crippen molar-refractivity contribution in [3.8, 4) is 6.07 Å². The summed E-state index contributed by atoms with van der Waals surface area (Å²) in [6, 6.07) is 3.23. The topological polar surface area (TPSA) is 80.2 Å². The third kappa shape index (κ3) is 9.11. The monoisotopic (exact) mass is 330 g/mol. The third-order valence-corrected chi connectivity index (χ3v) is 3.30. The fourth-order valence-electron chi connectivity index (χ4n) is 1.74. The molecule has 2 atom stereocenters. The highest BCUT2D eigenvalue weighted by molar-refractivity contribution is 7.43. The van der Waals surface area contributed by atoms with Crippen LogP contribution in [0.5, 0.6) is 0 Å². The van der Waals surface area contributed by atoms with Gasteiger partial charge in [0.15, 0.2) is 0 Å². The largest absolute Gasteiger partial charge is 0.338 e. The summed E-state index contributed by atoms with van der Waals surface area (Å²) in [5.41, 5.74) is 5.77. The van der Waals surface area contributed by atoms with Gasteiger partial charge in [0.2, 0.25) is 14.4 Å². The summed E-state index contributed by atoms with van der Waals surface area (Å²) in [6.45, 7) is 14.0. The summed E-state index contributed by atoms with van der Waals surface area (Å²) in [6.07, 6.45) is 0.636. The Labute approximate surface area is 135 Å². The highest BCUT2D eigenvalue weighted by Gasteiger charge is 2.21. The lowest BCUT2D eigenvalue weighted by molar-refractivity contribution is -0.128. The predicted octanol–water partition coefficient (Wildman–Crippen LogP) is 2.74. The zero-order valence-electron chi connectivity index (χ0n) is 14.2. The zero-order valence-corrected chi connectivity index (χ0v) is 15.1. The number of hydrogen-bond acceptors (Lipinski definition) is 4. The van der Waals surface area contributed by atoms with Crippen molar-refractivity contribution in [2.45, 2.75) is 53.1 Å². The molecule has 22 heavy (non-hydrogen) atoms. The number of carbonyl (C=O) groups is 1. The first-order valence-electron chi connectivity index (χ1n) is 7.43. The minimum Gasteiger partial charge on any atom is -0.338 e. The number of amides is 1. The highest BCUT2D eigenvalue weighted by Crippen LogP contribution is 2.22. The van der Waals surface area contributed by atoms with E-state index in [0.717, 1.165) is 0 Å². The van der Waals surface area contributed by atoms with Gasteiger partial charge in [-0.2, -0.15) is 0 Å². The molecule has 0 rings (SSSR count). The predicted molar refractivity (Wildman–Crippen MR) is 91.4 cm³/mol. The van der Waals surface area contributed by atoms with Crippen LogP contribution in [0.3, 0.4) is 0 Å². The van der Waals surface area contributed by atoms with E-state index in [1.165, 1.54) is 0 Å². The van der Waals surface area contributed by atoms with Gasteiger partial charge in [-0.1, -0.05) is 11.4 Å². The second kappa shape index (κ2) is 10.7. The Bertz CT molecular complexity index is 427. The van der Waals surface area contributed by atoms with E-state index >= 15 is 0 Å². The third-order valence-electron chi connectivity index (χ3n) is 2.89. The van der Waals surface area contributed by atoms with E-state index in [1.54, 1.807) is 11.8 Å². The van der Waals surface area contributed by atoms with Gasteiger partial charge in [-0.25, -0.2) is 0 Å². The quantitative estimate of drug-likeness (QED) is 0.530. The lowest BCUT2D eigenvalue weighted by atomic mass is 10.1. The fourth-order valence-corrected chi connectivity index (χ4v) is 2.07. The maximum absolute atomic E-state index is 12.1. The minimum absolute atomic E-state index is 0.0568. The van der Waals surface area contributed by atoms with Crippen LogP contribution in [0.2, 0.25) is 0 Å². The summed E-state index contributed by atoms with van der Waals surface area (Å²) in [5, 5.41) is 0. The van der Waals surface area contributed by atoms with Gasteiger partial charge in [0.05, 0.1) is 6.61 Å². The Morgan fingerprint density at radius 3 is 2.45 bits per heavy atom. The van der Waals surface area contributed by atoms with Gasteiger partial charge >= 0.3 is 0 Å². The van der Waals surface area contributed by atoms with Crippen LogP contribution in [-0.4, -0.2) is 40.9 Å². The molecule has 0 aliphatic carbocycles. The summed E-state index contributed by atoms with van der Waals surface area (Å²) in [7, 11) is -1.90. The first kappa shape index (κ1) is 21.0. The molecule has 7 heteroatoms. The van der Waals surface area contributed by atoms with Crippen molar-refractivity contribution in [1.82, 2.24) is 4.90 Å². The Hall–Kier alpha value is -0.990. The first-order chi connectivity index (χ1) is 10.1. The number of hydrogen-bond donors (Lipinski definition) is 2. The first-order valence-corrected chi connectivity index (χ1v) is 8.71. The van der Waals surface area contributed by atoms with Crippen LogP contribution in [0.15, 0.2) is 12.2 Å². The van der Waals surface area contributed by atoms with Crippen molar-refractivity contribution in [1.29, 1.82) is 0 Å². The number of nitrogens with zero attached hydrogens (tertiary/aromatic N) is 2. The normalized spacial score (nSPS) is 13.5. The molecule has 0 aromatic rings. The fraction of sp³-hybridized carbons (Fsp3) is 0.733. The molecule has 2 unspecified atom stereocenters. The zero-order chi connectivity index (χ0) is 17.3. The Kier molecular flexibility index (Phi) is 10.2. The minimum atomic E-state index is -1.90. The van der Waals surface area contributed by atoms with E-state index in [9.17, 15) is 4.79 Å². The molecule has 3 N–H and O–H groups in total. The molecule has 0 radical (unpaired) electrons. The molecule has 0 aromatic carbocycles. The van der Waals surface area contributed by atoms with Crippen molar-refractivity contribution in [2.24, 2.45) is 11.4 Å². The van der Waals surface area contributed by atoms with E-state index in [2.05, 4.69) is 17.5 Å². The van der Waals surface area contributed by atoms with Crippen LogP contribution < -0.4 is 5.50 Å². The average molecular weight is 330 g/mol. The van der Waals surface area contributed by atoms with E-state index in [1.807, 2.05) is 27.7 Å². The molecule has 0 aromatic heterocycles. The maximum Gasteiger partial charge on any atom is 0.279 e. The number of carbonyl (C=O) groups excluding carboxylic acids is 1.